The van der Waals surface area contributed by atoms with Crippen LogP contribution >= 0.6 is 0 Å². The van der Waals surface area contributed by atoms with Crippen LogP contribution in [0.1, 0.15) is 0 Å². The van der Waals surface area contributed by atoms with Gasteiger partial charge in [-0.2, -0.15) is 9.61 Å². The zero-order valence-electron chi connectivity index (χ0n) is 18.3. The minimum Gasteiger partial charge on any atom is -0.406 e. The van der Waals surface area contributed by atoms with Gasteiger partial charge >= 0.3 is 12.4 Å². The molecule has 0 fully saturated rings. The number of carbonyl (C=O) groups excluding carboxylic acids is 1. The van der Waals surface area contributed by atoms with Gasteiger partial charge in [0.25, 0.3) is 0 Å². The second-order valence-corrected chi connectivity index (χ2v) is 7.46. The first kappa shape index (κ1) is 22.8. The van der Waals surface area contributed by atoms with Crippen molar-refractivity contribution in [3.63, 3.8) is 0 Å². The average Bonchev–Trinajstić information content (AvgIpc) is 3.28. The molecular formula is C24H16F3N7O2. The fraction of sp³-hybridized carbons (Fsp3) is 0.0417. The van der Waals surface area contributed by atoms with E-state index in [0.29, 0.717) is 34.2 Å². The fourth-order valence-electron chi connectivity index (χ4n) is 3.39. The summed E-state index contributed by atoms with van der Waals surface area (Å²) in [4.78, 5) is 16.7. The topological polar surface area (TPSA) is 106 Å². The van der Waals surface area contributed by atoms with E-state index in [1.807, 2.05) is 18.2 Å². The maximum atomic E-state index is 12.4. The molecule has 0 atom stereocenters. The lowest BCUT2D eigenvalue weighted by molar-refractivity contribution is -0.274. The minimum atomic E-state index is -4.79. The second kappa shape index (κ2) is 9.33. The highest BCUT2D eigenvalue weighted by Crippen LogP contribution is 2.25. The molecule has 0 unspecified atom stereocenters. The van der Waals surface area contributed by atoms with Crippen LogP contribution in [0.25, 0.3) is 28.4 Å². The molecule has 2 aromatic carbocycles. The van der Waals surface area contributed by atoms with E-state index in [1.165, 1.54) is 12.1 Å². The number of nitrogens with zero attached hydrogens (tertiary/aromatic N) is 5. The van der Waals surface area contributed by atoms with Crippen molar-refractivity contribution < 1.29 is 22.7 Å². The number of hydrogen-bond acceptors (Lipinski definition) is 6. The Hall–Kier alpha value is -5.00. The Morgan fingerprint density at radius 3 is 2.39 bits per heavy atom. The Bertz CT molecular complexity index is 1520. The Balaban J connectivity index is 1.31. The van der Waals surface area contributed by atoms with Crippen LogP contribution in [0.3, 0.4) is 0 Å². The van der Waals surface area contributed by atoms with Gasteiger partial charge in [-0.05, 0) is 60.7 Å². The molecule has 0 saturated carbocycles. The van der Waals surface area contributed by atoms with Crippen molar-refractivity contribution in [2.24, 2.45) is 0 Å². The number of rotatable bonds is 5. The standard InChI is InChI=1S/C24H16F3N7O2/c25-24(26,27)36-18-9-7-16(8-10-18)29-23(35)30-17-5-3-4-15(14-17)19-11-12-21-31-32-22(34(21)33-19)20-6-1-2-13-28-20/h1-14H,(H2,29,30,35). The first-order valence-corrected chi connectivity index (χ1v) is 10.5. The maximum absolute atomic E-state index is 12.4. The average molecular weight is 491 g/mol. The van der Waals surface area contributed by atoms with E-state index in [0.717, 1.165) is 17.7 Å². The minimum absolute atomic E-state index is 0.292. The zero-order valence-corrected chi connectivity index (χ0v) is 18.3. The number of carbonyl (C=O) groups is 1. The van der Waals surface area contributed by atoms with Crippen LogP contribution in [-0.2, 0) is 0 Å². The first-order valence-electron chi connectivity index (χ1n) is 10.5. The number of nitrogens with one attached hydrogen (secondary N) is 2. The predicted octanol–water partition coefficient (Wildman–Crippen LogP) is 5.40. The molecule has 36 heavy (non-hydrogen) atoms. The number of fused-ring (bicyclic) bond motifs is 1. The lowest BCUT2D eigenvalue weighted by atomic mass is 10.1. The lowest BCUT2D eigenvalue weighted by Crippen LogP contribution is -2.19. The van der Waals surface area contributed by atoms with Crippen LogP contribution < -0.4 is 15.4 Å². The van der Waals surface area contributed by atoms with Gasteiger partial charge in [-0.25, -0.2) is 4.79 Å². The summed E-state index contributed by atoms with van der Waals surface area (Å²) in [6, 6.07) is 20.3. The van der Waals surface area contributed by atoms with Gasteiger partial charge in [0, 0.05) is 23.1 Å². The summed E-state index contributed by atoms with van der Waals surface area (Å²) in [6.45, 7) is 0. The Morgan fingerprint density at radius 2 is 1.64 bits per heavy atom. The molecule has 0 spiro atoms. The Morgan fingerprint density at radius 1 is 0.833 bits per heavy atom. The second-order valence-electron chi connectivity index (χ2n) is 7.46. The van der Waals surface area contributed by atoms with Gasteiger partial charge in [0.2, 0.25) is 5.82 Å². The quantitative estimate of drug-likeness (QED) is 0.341. The van der Waals surface area contributed by atoms with E-state index in [-0.39, 0.29) is 5.75 Å². The monoisotopic (exact) mass is 491 g/mol. The molecular weight excluding hydrogens is 475 g/mol. The van der Waals surface area contributed by atoms with E-state index in [4.69, 9.17) is 0 Å². The summed E-state index contributed by atoms with van der Waals surface area (Å²) in [6.07, 6.45) is -3.13. The summed E-state index contributed by atoms with van der Waals surface area (Å²) in [5.74, 6) is 0.109. The highest BCUT2D eigenvalue weighted by molar-refractivity contribution is 6.00. The van der Waals surface area contributed by atoms with E-state index in [1.54, 1.807) is 47.1 Å². The number of amides is 2. The predicted molar refractivity (Wildman–Crippen MR) is 125 cm³/mol. The first-order chi connectivity index (χ1) is 17.3. The third kappa shape index (κ3) is 5.22. The van der Waals surface area contributed by atoms with Gasteiger partial charge in [-0.15, -0.1) is 23.4 Å². The summed E-state index contributed by atoms with van der Waals surface area (Å²) in [5.41, 5.74) is 3.30. The molecule has 2 amide bonds. The highest BCUT2D eigenvalue weighted by atomic mass is 19.4. The van der Waals surface area contributed by atoms with Crippen molar-refractivity contribution in [1.29, 1.82) is 0 Å². The largest absolute Gasteiger partial charge is 0.573 e. The highest BCUT2D eigenvalue weighted by Gasteiger charge is 2.31. The number of hydrogen-bond donors (Lipinski definition) is 2. The molecule has 5 rings (SSSR count). The van der Waals surface area contributed by atoms with Crippen molar-refractivity contribution in [1.82, 2.24) is 24.8 Å². The summed E-state index contributed by atoms with van der Waals surface area (Å²) >= 11 is 0. The summed E-state index contributed by atoms with van der Waals surface area (Å²) < 4.78 is 42.3. The molecule has 0 saturated heterocycles. The van der Waals surface area contributed by atoms with Crippen LogP contribution in [0.2, 0.25) is 0 Å². The number of halogens is 3. The molecule has 0 aliphatic heterocycles. The number of benzene rings is 2. The molecule has 9 nitrogen and oxygen atoms in total. The number of ether oxygens (including phenoxy) is 1. The maximum Gasteiger partial charge on any atom is 0.573 e. The molecule has 5 aromatic rings. The van der Waals surface area contributed by atoms with Crippen molar-refractivity contribution in [3.05, 3.63) is 85.1 Å². The number of anilines is 2. The number of aromatic nitrogens is 5. The third-order valence-corrected chi connectivity index (χ3v) is 4.92. The molecule has 12 heteroatoms. The Kier molecular flexibility index (Phi) is 5.90. The van der Waals surface area contributed by atoms with Crippen molar-refractivity contribution >= 4 is 23.1 Å². The SMILES string of the molecule is O=C(Nc1ccc(OC(F)(F)F)cc1)Nc1cccc(-c2ccc3nnc(-c4ccccn4)n3n2)c1. The van der Waals surface area contributed by atoms with E-state index in [9.17, 15) is 18.0 Å². The molecule has 0 aliphatic carbocycles. The third-order valence-electron chi connectivity index (χ3n) is 4.92. The van der Waals surface area contributed by atoms with Gasteiger partial charge < -0.3 is 15.4 Å². The number of alkyl halides is 3. The van der Waals surface area contributed by atoms with Crippen LogP contribution in [0.5, 0.6) is 5.75 Å². The van der Waals surface area contributed by atoms with Crippen molar-refractivity contribution in [2.45, 2.75) is 6.36 Å². The van der Waals surface area contributed by atoms with E-state index < -0.39 is 12.4 Å². The van der Waals surface area contributed by atoms with Crippen LogP contribution in [0.15, 0.2) is 85.1 Å². The van der Waals surface area contributed by atoms with Crippen LogP contribution in [0, 0.1) is 0 Å². The molecule has 2 N–H and O–H groups in total. The van der Waals surface area contributed by atoms with Crippen LogP contribution in [-0.4, -0.2) is 37.2 Å². The molecule has 0 aliphatic rings. The zero-order chi connectivity index (χ0) is 25.1. The van der Waals surface area contributed by atoms with E-state index >= 15 is 0 Å². The molecule has 0 radical (unpaired) electrons. The van der Waals surface area contributed by atoms with Gasteiger partial charge in [-0.3, -0.25) is 4.98 Å². The van der Waals surface area contributed by atoms with Gasteiger partial charge in [0.05, 0.1) is 5.69 Å². The van der Waals surface area contributed by atoms with Crippen LogP contribution in [0.4, 0.5) is 29.3 Å². The number of urea groups is 1. The smallest absolute Gasteiger partial charge is 0.406 e. The normalized spacial score (nSPS) is 11.3. The summed E-state index contributed by atoms with van der Waals surface area (Å²) in [5, 5.41) is 18.2. The van der Waals surface area contributed by atoms with Gasteiger partial charge in [-0.1, -0.05) is 18.2 Å². The Labute approximate surface area is 201 Å². The van der Waals surface area contributed by atoms with Gasteiger partial charge in [0.1, 0.15) is 11.4 Å². The molecule has 0 bridgehead atoms. The van der Waals surface area contributed by atoms with Crippen molar-refractivity contribution in [2.75, 3.05) is 10.6 Å². The number of pyridine rings is 1. The summed E-state index contributed by atoms with van der Waals surface area (Å²) in [7, 11) is 0. The van der Waals surface area contributed by atoms with E-state index in [2.05, 4.69) is 35.7 Å². The fourth-order valence-corrected chi connectivity index (χ4v) is 3.39. The van der Waals surface area contributed by atoms with Gasteiger partial charge in [0.15, 0.2) is 5.65 Å². The van der Waals surface area contributed by atoms with Crippen molar-refractivity contribution in [3.8, 4) is 28.5 Å². The lowest BCUT2D eigenvalue weighted by Gasteiger charge is -2.11. The molecule has 3 aromatic heterocycles. The molecule has 180 valence electrons. The molecule has 3 heterocycles.